The van der Waals surface area contributed by atoms with Crippen LogP contribution in [0.15, 0.2) is 30.3 Å². The van der Waals surface area contributed by atoms with E-state index in [1.165, 1.54) is 7.11 Å². The van der Waals surface area contributed by atoms with Crippen molar-refractivity contribution in [2.24, 2.45) is 5.92 Å². The van der Waals surface area contributed by atoms with Crippen molar-refractivity contribution in [2.45, 2.75) is 44.3 Å². The van der Waals surface area contributed by atoms with E-state index in [0.29, 0.717) is 6.42 Å². The van der Waals surface area contributed by atoms with Crippen molar-refractivity contribution >= 4 is 43.1 Å². The molecule has 0 N–H and O–H groups in total. The molecule has 0 aliphatic rings. The molecular weight excluding hydrogens is 443 g/mol. The van der Waals surface area contributed by atoms with E-state index in [1.54, 1.807) is 13.8 Å². The van der Waals surface area contributed by atoms with E-state index in [0.717, 1.165) is 4.46 Å². The van der Waals surface area contributed by atoms with Gasteiger partial charge in [0, 0.05) is 0 Å². The van der Waals surface area contributed by atoms with Crippen molar-refractivity contribution in [1.29, 1.82) is 0 Å². The van der Waals surface area contributed by atoms with Gasteiger partial charge in [-0.25, -0.2) is 0 Å². The number of methoxy groups -OCH3 is 1. The van der Waals surface area contributed by atoms with Crippen LogP contribution in [0.5, 0.6) is 0 Å². The molecule has 8 heteroatoms. The Morgan fingerprint density at radius 1 is 0.966 bits per heavy atom. The first kappa shape index (κ1) is 24.9. The maximum atomic E-state index is 12.3. The monoisotopic (exact) mass is 472 g/mol. The van der Waals surface area contributed by atoms with Gasteiger partial charge in [0.15, 0.2) is 0 Å². The van der Waals surface area contributed by atoms with Gasteiger partial charge in [-0.15, -0.1) is 0 Å². The average Bonchev–Trinajstić information content (AvgIpc) is 2.70. The van der Waals surface area contributed by atoms with Gasteiger partial charge in [-0.05, 0) is 0 Å². The summed E-state index contributed by atoms with van der Waals surface area (Å²) < 4.78 is 15.7. The molecule has 1 atom stereocenters. The summed E-state index contributed by atoms with van der Waals surface area (Å²) in [6.07, 6.45) is 0.589. The van der Waals surface area contributed by atoms with Crippen LogP contribution in [0, 0.1) is 5.92 Å². The van der Waals surface area contributed by atoms with Crippen molar-refractivity contribution in [3.8, 4) is 0 Å². The molecule has 0 aliphatic carbocycles. The molecule has 0 bridgehead atoms. The van der Waals surface area contributed by atoms with Crippen LogP contribution < -0.4 is 4.46 Å². The molecule has 0 spiro atoms. The number of benzene rings is 1. The van der Waals surface area contributed by atoms with E-state index in [1.807, 2.05) is 30.3 Å². The summed E-state index contributed by atoms with van der Waals surface area (Å²) in [5.74, 6) is -3.05. The maximum absolute atomic E-state index is 12.3. The van der Waals surface area contributed by atoms with Crippen molar-refractivity contribution in [2.75, 3.05) is 20.3 Å². The van der Waals surface area contributed by atoms with E-state index in [2.05, 4.69) is 4.74 Å². The standard InChI is InChI=1S/C21H28O7Se/c1-4-27-20(24)18(21(25)28-5-2)14-17(29-16-9-7-6-8-10-16)12-11-15(22)13-19(23)26-3/h6-10,17-18H,4-5,11-14H2,1-3H3. The Labute approximate surface area is 177 Å². The average molecular weight is 471 g/mol. The van der Waals surface area contributed by atoms with Gasteiger partial charge in [0.1, 0.15) is 0 Å². The molecule has 7 nitrogen and oxygen atoms in total. The number of esters is 3. The van der Waals surface area contributed by atoms with Gasteiger partial charge in [-0.1, -0.05) is 0 Å². The summed E-state index contributed by atoms with van der Waals surface area (Å²) >= 11 is -0.0793. The van der Waals surface area contributed by atoms with Gasteiger partial charge < -0.3 is 0 Å². The quantitative estimate of drug-likeness (QED) is 0.188. The molecule has 0 aliphatic heterocycles. The molecule has 1 aromatic rings. The number of hydrogen-bond acceptors (Lipinski definition) is 7. The number of Topliss-reactive ketones (excluding diaryl/α,β-unsaturated/α-hetero) is 1. The zero-order valence-electron chi connectivity index (χ0n) is 17.1. The van der Waals surface area contributed by atoms with Gasteiger partial charge in [-0.3, -0.25) is 0 Å². The third-order valence-electron chi connectivity index (χ3n) is 4.00. The third-order valence-corrected chi connectivity index (χ3v) is 6.74. The number of carbonyl (C=O) groups excluding carboxylic acids is 4. The molecule has 0 radical (unpaired) electrons. The molecule has 1 aromatic carbocycles. The van der Waals surface area contributed by atoms with E-state index in [-0.39, 0.29) is 58.0 Å². The minimum absolute atomic E-state index is 0.0784. The number of carbonyl (C=O) groups is 4. The SMILES string of the molecule is CCOC(=O)C(CC(CCC(=O)CC(=O)OC)[Se]c1ccccc1)C(=O)OCC. The molecule has 0 heterocycles. The third kappa shape index (κ3) is 9.72. The van der Waals surface area contributed by atoms with Crippen LogP contribution in [0.3, 0.4) is 0 Å². The van der Waals surface area contributed by atoms with Crippen LogP contribution in [-0.2, 0) is 33.4 Å². The van der Waals surface area contributed by atoms with Gasteiger partial charge in [0.05, 0.1) is 0 Å². The van der Waals surface area contributed by atoms with E-state index >= 15 is 0 Å². The van der Waals surface area contributed by atoms with E-state index in [9.17, 15) is 19.2 Å². The molecule has 29 heavy (non-hydrogen) atoms. The zero-order chi connectivity index (χ0) is 21.6. The van der Waals surface area contributed by atoms with Gasteiger partial charge in [-0.2, -0.15) is 0 Å². The second-order valence-electron chi connectivity index (χ2n) is 6.18. The topological polar surface area (TPSA) is 96.0 Å². The van der Waals surface area contributed by atoms with Crippen molar-refractivity contribution in [1.82, 2.24) is 0 Å². The first-order valence-corrected chi connectivity index (χ1v) is 11.4. The Morgan fingerprint density at radius 2 is 1.55 bits per heavy atom. The van der Waals surface area contributed by atoms with E-state index < -0.39 is 23.8 Å². The molecule has 0 aromatic heterocycles. The van der Waals surface area contributed by atoms with Crippen LogP contribution in [0.25, 0.3) is 0 Å². The first-order valence-electron chi connectivity index (χ1n) is 9.54. The molecule has 160 valence electrons. The molecule has 1 rings (SSSR count). The number of ether oxygens (including phenoxy) is 3. The number of ketones is 1. The summed E-state index contributed by atoms with van der Waals surface area (Å²) in [4.78, 5) is 47.9. The van der Waals surface area contributed by atoms with Crippen molar-refractivity contribution in [3.05, 3.63) is 30.3 Å². The minimum atomic E-state index is -1.03. The molecule has 0 fully saturated rings. The van der Waals surface area contributed by atoms with Gasteiger partial charge in [0.25, 0.3) is 0 Å². The van der Waals surface area contributed by atoms with Gasteiger partial charge >= 0.3 is 177 Å². The van der Waals surface area contributed by atoms with Crippen LogP contribution in [0.1, 0.15) is 39.5 Å². The van der Waals surface area contributed by atoms with Crippen LogP contribution >= 0.6 is 0 Å². The molecular formula is C21H28O7Se. The summed E-state index contributed by atoms with van der Waals surface area (Å²) in [5, 5.41) is 0. The van der Waals surface area contributed by atoms with Crippen LogP contribution in [0.2, 0.25) is 4.82 Å². The zero-order valence-corrected chi connectivity index (χ0v) is 18.8. The van der Waals surface area contributed by atoms with E-state index in [4.69, 9.17) is 9.47 Å². The van der Waals surface area contributed by atoms with Crippen molar-refractivity contribution in [3.63, 3.8) is 0 Å². The van der Waals surface area contributed by atoms with Crippen LogP contribution in [-0.4, -0.2) is 59.0 Å². The predicted octanol–water partition coefficient (Wildman–Crippen LogP) is 1.85. The Kier molecular flexibility index (Phi) is 11.9. The summed E-state index contributed by atoms with van der Waals surface area (Å²) in [6, 6.07) is 9.71. The van der Waals surface area contributed by atoms with Crippen LogP contribution in [0.4, 0.5) is 0 Å². The normalized spacial score (nSPS) is 11.6. The fourth-order valence-corrected chi connectivity index (χ4v) is 5.16. The Morgan fingerprint density at radius 3 is 2.07 bits per heavy atom. The molecule has 1 unspecified atom stereocenters. The second-order valence-corrected chi connectivity index (χ2v) is 9.06. The number of rotatable bonds is 13. The predicted molar refractivity (Wildman–Crippen MR) is 108 cm³/mol. The number of hydrogen-bond donors (Lipinski definition) is 0. The molecule has 0 amide bonds. The molecule has 0 saturated carbocycles. The van der Waals surface area contributed by atoms with Crippen molar-refractivity contribution < 1.29 is 33.4 Å². The summed E-state index contributed by atoms with van der Waals surface area (Å²) in [7, 11) is 1.24. The fraction of sp³-hybridized carbons (Fsp3) is 0.524. The molecule has 0 saturated heterocycles. The Hall–Kier alpha value is -2.18. The second kappa shape index (κ2) is 13.9. The fourth-order valence-electron chi connectivity index (χ4n) is 2.60. The van der Waals surface area contributed by atoms with Gasteiger partial charge in [0.2, 0.25) is 0 Å². The summed E-state index contributed by atoms with van der Waals surface area (Å²) in [6.45, 7) is 3.69. The Balaban J connectivity index is 2.91. The Bertz CT molecular complexity index is 657. The summed E-state index contributed by atoms with van der Waals surface area (Å²) in [5.41, 5.74) is 0. The first-order chi connectivity index (χ1) is 13.9.